The lowest BCUT2D eigenvalue weighted by molar-refractivity contribution is 0.343. The number of benzene rings is 1. The first-order valence-electron chi connectivity index (χ1n) is 8.48. The van der Waals surface area contributed by atoms with Crippen LogP contribution in [0.5, 0.6) is 0 Å². The molecule has 0 unspecified atom stereocenters. The third-order valence-electron chi connectivity index (χ3n) is 4.78. The molecular formula is C19H27N3O. The van der Waals surface area contributed by atoms with Crippen LogP contribution in [0.3, 0.4) is 0 Å². The van der Waals surface area contributed by atoms with E-state index < -0.39 is 0 Å². The van der Waals surface area contributed by atoms with Gasteiger partial charge in [-0.05, 0) is 51.8 Å². The molecule has 1 aromatic heterocycles. The van der Waals surface area contributed by atoms with Gasteiger partial charge < -0.3 is 14.7 Å². The van der Waals surface area contributed by atoms with Crippen molar-refractivity contribution in [1.82, 2.24) is 10.5 Å². The molecule has 0 saturated carbocycles. The SMILES string of the molecule is Cc1ccc(-c2c(C)noc2C)cc1N(CC1CNC1)C(C)C. The summed E-state index contributed by atoms with van der Waals surface area (Å²) in [4.78, 5) is 2.53. The molecule has 2 aromatic rings. The smallest absolute Gasteiger partial charge is 0.141 e. The molecule has 0 radical (unpaired) electrons. The maximum Gasteiger partial charge on any atom is 0.141 e. The Bertz CT molecular complexity index is 666. The molecule has 1 saturated heterocycles. The highest BCUT2D eigenvalue weighted by Crippen LogP contribution is 2.33. The number of hydrogen-bond acceptors (Lipinski definition) is 4. The molecule has 3 rings (SSSR count). The topological polar surface area (TPSA) is 41.3 Å². The van der Waals surface area contributed by atoms with Gasteiger partial charge in [-0.15, -0.1) is 0 Å². The summed E-state index contributed by atoms with van der Waals surface area (Å²) in [5, 5.41) is 7.47. The van der Waals surface area contributed by atoms with Crippen LogP contribution in [0.25, 0.3) is 11.1 Å². The molecule has 2 heterocycles. The third-order valence-corrected chi connectivity index (χ3v) is 4.78. The maximum absolute atomic E-state index is 5.35. The lowest BCUT2D eigenvalue weighted by Gasteiger charge is -2.37. The predicted octanol–water partition coefficient (Wildman–Crippen LogP) is 3.70. The fraction of sp³-hybridized carbons (Fsp3) is 0.526. The van der Waals surface area contributed by atoms with E-state index in [4.69, 9.17) is 4.52 Å². The van der Waals surface area contributed by atoms with E-state index >= 15 is 0 Å². The average Bonchev–Trinajstić information content (AvgIpc) is 2.78. The average molecular weight is 313 g/mol. The normalized spacial score (nSPS) is 15.0. The minimum Gasteiger partial charge on any atom is -0.368 e. The second-order valence-electron chi connectivity index (χ2n) is 6.97. The fourth-order valence-corrected chi connectivity index (χ4v) is 3.31. The predicted molar refractivity (Wildman–Crippen MR) is 95.0 cm³/mol. The van der Waals surface area contributed by atoms with Gasteiger partial charge in [0, 0.05) is 42.8 Å². The maximum atomic E-state index is 5.35. The van der Waals surface area contributed by atoms with Gasteiger partial charge in [0.1, 0.15) is 5.76 Å². The van der Waals surface area contributed by atoms with Gasteiger partial charge in [-0.3, -0.25) is 0 Å². The first-order valence-corrected chi connectivity index (χ1v) is 8.48. The number of nitrogens with one attached hydrogen (secondary N) is 1. The Morgan fingerprint density at radius 3 is 2.52 bits per heavy atom. The molecule has 0 bridgehead atoms. The summed E-state index contributed by atoms with van der Waals surface area (Å²) >= 11 is 0. The van der Waals surface area contributed by atoms with Crippen molar-refractivity contribution in [3.63, 3.8) is 0 Å². The van der Waals surface area contributed by atoms with Crippen molar-refractivity contribution in [1.29, 1.82) is 0 Å². The van der Waals surface area contributed by atoms with Crippen LogP contribution in [-0.4, -0.2) is 30.8 Å². The monoisotopic (exact) mass is 313 g/mol. The van der Waals surface area contributed by atoms with E-state index in [1.165, 1.54) is 16.8 Å². The summed E-state index contributed by atoms with van der Waals surface area (Å²) < 4.78 is 5.35. The summed E-state index contributed by atoms with van der Waals surface area (Å²) in [7, 11) is 0. The zero-order valence-corrected chi connectivity index (χ0v) is 14.8. The molecule has 1 aliphatic heterocycles. The van der Waals surface area contributed by atoms with Crippen molar-refractivity contribution in [2.75, 3.05) is 24.5 Å². The van der Waals surface area contributed by atoms with Crippen molar-refractivity contribution in [2.45, 2.75) is 40.7 Å². The van der Waals surface area contributed by atoms with Crippen LogP contribution in [0, 0.1) is 26.7 Å². The van der Waals surface area contributed by atoms with E-state index in [1.54, 1.807) is 0 Å². The molecule has 0 aliphatic carbocycles. The zero-order valence-electron chi connectivity index (χ0n) is 14.8. The second-order valence-corrected chi connectivity index (χ2v) is 6.97. The molecule has 1 aromatic carbocycles. The minimum absolute atomic E-state index is 0.481. The molecule has 4 nitrogen and oxygen atoms in total. The Balaban J connectivity index is 1.98. The van der Waals surface area contributed by atoms with Crippen LogP contribution >= 0.6 is 0 Å². The molecule has 0 spiro atoms. The Morgan fingerprint density at radius 2 is 2.00 bits per heavy atom. The molecule has 1 fully saturated rings. The highest BCUT2D eigenvalue weighted by molar-refractivity contribution is 5.73. The molecule has 4 heteroatoms. The van der Waals surface area contributed by atoms with Crippen LogP contribution in [0.2, 0.25) is 0 Å². The van der Waals surface area contributed by atoms with Crippen LogP contribution in [-0.2, 0) is 0 Å². The Morgan fingerprint density at radius 1 is 1.26 bits per heavy atom. The lowest BCUT2D eigenvalue weighted by atomic mass is 9.98. The second kappa shape index (κ2) is 6.36. The van der Waals surface area contributed by atoms with E-state index in [-0.39, 0.29) is 0 Å². The first kappa shape index (κ1) is 16.1. The largest absolute Gasteiger partial charge is 0.368 e. The minimum atomic E-state index is 0.481. The van der Waals surface area contributed by atoms with Gasteiger partial charge in [-0.1, -0.05) is 17.3 Å². The summed E-state index contributed by atoms with van der Waals surface area (Å²) in [5.74, 6) is 1.64. The molecule has 0 amide bonds. The van der Waals surface area contributed by atoms with Crippen LogP contribution in [0.1, 0.15) is 30.9 Å². The summed E-state index contributed by atoms with van der Waals surface area (Å²) in [6, 6.07) is 7.17. The van der Waals surface area contributed by atoms with Crippen molar-refractivity contribution < 1.29 is 4.52 Å². The van der Waals surface area contributed by atoms with E-state index in [0.29, 0.717) is 6.04 Å². The van der Waals surface area contributed by atoms with E-state index in [9.17, 15) is 0 Å². The van der Waals surface area contributed by atoms with Crippen LogP contribution < -0.4 is 10.2 Å². The third kappa shape index (κ3) is 3.13. The van der Waals surface area contributed by atoms with Gasteiger partial charge in [-0.2, -0.15) is 0 Å². The Hall–Kier alpha value is -1.81. The molecule has 0 atom stereocenters. The highest BCUT2D eigenvalue weighted by Gasteiger charge is 2.23. The van der Waals surface area contributed by atoms with E-state index in [1.807, 2.05) is 13.8 Å². The Kier molecular flexibility index (Phi) is 4.44. The van der Waals surface area contributed by atoms with Crippen LogP contribution in [0.15, 0.2) is 22.7 Å². The van der Waals surface area contributed by atoms with Crippen molar-refractivity contribution in [3.05, 3.63) is 35.2 Å². The van der Waals surface area contributed by atoms with Crippen molar-refractivity contribution in [3.8, 4) is 11.1 Å². The van der Waals surface area contributed by atoms with Gasteiger partial charge >= 0.3 is 0 Å². The molecule has 23 heavy (non-hydrogen) atoms. The summed E-state index contributed by atoms with van der Waals surface area (Å²) in [5.41, 5.74) is 5.92. The van der Waals surface area contributed by atoms with E-state index in [0.717, 1.165) is 42.6 Å². The number of anilines is 1. The Labute approximate surface area is 138 Å². The van der Waals surface area contributed by atoms with Gasteiger partial charge in [-0.25, -0.2) is 0 Å². The van der Waals surface area contributed by atoms with Crippen LogP contribution in [0.4, 0.5) is 5.69 Å². The number of aromatic nitrogens is 1. The molecule has 1 aliphatic rings. The fourth-order valence-electron chi connectivity index (χ4n) is 3.31. The number of nitrogens with zero attached hydrogens (tertiary/aromatic N) is 2. The summed E-state index contributed by atoms with van der Waals surface area (Å²) in [6.45, 7) is 14.1. The number of aryl methyl sites for hydroxylation is 3. The van der Waals surface area contributed by atoms with Crippen molar-refractivity contribution >= 4 is 5.69 Å². The van der Waals surface area contributed by atoms with Crippen molar-refractivity contribution in [2.24, 2.45) is 5.92 Å². The molecular weight excluding hydrogens is 286 g/mol. The highest BCUT2D eigenvalue weighted by atomic mass is 16.5. The quantitative estimate of drug-likeness (QED) is 0.914. The number of rotatable bonds is 5. The zero-order chi connectivity index (χ0) is 16.6. The lowest BCUT2D eigenvalue weighted by Crippen LogP contribution is -2.50. The number of hydrogen-bond donors (Lipinski definition) is 1. The van der Waals surface area contributed by atoms with Gasteiger partial charge in [0.2, 0.25) is 0 Å². The standard InChI is InChI=1S/C19H27N3O/c1-12(2)22(11-16-9-20-10-16)18-8-17(7-6-13(18)3)19-14(4)21-23-15(19)5/h6-8,12,16,20H,9-11H2,1-5H3. The molecule has 124 valence electrons. The van der Waals surface area contributed by atoms with E-state index in [2.05, 4.69) is 54.3 Å². The summed E-state index contributed by atoms with van der Waals surface area (Å²) in [6.07, 6.45) is 0. The molecule has 1 N–H and O–H groups in total. The van der Waals surface area contributed by atoms with Gasteiger partial charge in [0.05, 0.1) is 5.69 Å². The van der Waals surface area contributed by atoms with Gasteiger partial charge in [0.25, 0.3) is 0 Å². The van der Waals surface area contributed by atoms with Gasteiger partial charge in [0.15, 0.2) is 0 Å². The first-order chi connectivity index (χ1) is 11.0.